The maximum absolute atomic E-state index is 5.90. The molecule has 1 aliphatic heterocycles. The SMILES string of the molecule is Cc1cc(C)c2c(c1)CN(c1ccccc1)CO2. The van der Waals surface area contributed by atoms with Gasteiger partial charge < -0.3 is 9.64 Å². The van der Waals surface area contributed by atoms with Gasteiger partial charge >= 0.3 is 0 Å². The second kappa shape index (κ2) is 4.37. The van der Waals surface area contributed by atoms with E-state index in [1.54, 1.807) is 0 Å². The van der Waals surface area contributed by atoms with E-state index in [2.05, 4.69) is 55.1 Å². The van der Waals surface area contributed by atoms with Crippen molar-refractivity contribution in [1.82, 2.24) is 0 Å². The number of fused-ring (bicyclic) bond motifs is 1. The average molecular weight is 239 g/mol. The number of para-hydroxylation sites is 1. The molecule has 0 unspecified atom stereocenters. The molecule has 92 valence electrons. The molecular formula is C16H17NO. The summed E-state index contributed by atoms with van der Waals surface area (Å²) >= 11 is 0. The Morgan fingerprint density at radius 2 is 1.83 bits per heavy atom. The van der Waals surface area contributed by atoms with Crippen molar-refractivity contribution < 1.29 is 4.74 Å². The number of benzene rings is 2. The molecule has 1 heterocycles. The topological polar surface area (TPSA) is 12.5 Å². The van der Waals surface area contributed by atoms with Gasteiger partial charge in [-0.3, -0.25) is 0 Å². The quantitative estimate of drug-likeness (QED) is 0.753. The van der Waals surface area contributed by atoms with Crippen molar-refractivity contribution in [3.63, 3.8) is 0 Å². The van der Waals surface area contributed by atoms with Gasteiger partial charge in [-0.15, -0.1) is 0 Å². The second-order valence-electron chi connectivity index (χ2n) is 4.88. The first-order valence-electron chi connectivity index (χ1n) is 6.27. The number of hydrogen-bond donors (Lipinski definition) is 0. The van der Waals surface area contributed by atoms with E-state index < -0.39 is 0 Å². The van der Waals surface area contributed by atoms with E-state index >= 15 is 0 Å². The highest BCUT2D eigenvalue weighted by Gasteiger charge is 2.19. The second-order valence-corrected chi connectivity index (χ2v) is 4.88. The first-order chi connectivity index (χ1) is 8.74. The predicted octanol–water partition coefficient (Wildman–Crippen LogP) is 3.66. The molecule has 0 saturated carbocycles. The number of anilines is 1. The molecule has 2 nitrogen and oxygen atoms in total. The van der Waals surface area contributed by atoms with Gasteiger partial charge in [0.15, 0.2) is 6.73 Å². The van der Waals surface area contributed by atoms with Crippen molar-refractivity contribution in [2.24, 2.45) is 0 Å². The summed E-state index contributed by atoms with van der Waals surface area (Å²) in [5.74, 6) is 1.06. The maximum atomic E-state index is 5.90. The number of nitrogens with zero attached hydrogens (tertiary/aromatic N) is 1. The summed E-state index contributed by atoms with van der Waals surface area (Å²) in [5.41, 5.74) is 5.02. The summed E-state index contributed by atoms with van der Waals surface area (Å²) in [5, 5.41) is 0. The lowest BCUT2D eigenvalue weighted by Crippen LogP contribution is -2.32. The van der Waals surface area contributed by atoms with Crippen molar-refractivity contribution in [1.29, 1.82) is 0 Å². The molecule has 0 spiro atoms. The van der Waals surface area contributed by atoms with Crippen molar-refractivity contribution in [2.75, 3.05) is 11.6 Å². The fourth-order valence-electron chi connectivity index (χ4n) is 2.56. The smallest absolute Gasteiger partial charge is 0.161 e. The van der Waals surface area contributed by atoms with Crippen LogP contribution < -0.4 is 9.64 Å². The number of ether oxygens (including phenoxy) is 1. The lowest BCUT2D eigenvalue weighted by molar-refractivity contribution is 0.287. The summed E-state index contributed by atoms with van der Waals surface area (Å²) in [4.78, 5) is 2.25. The van der Waals surface area contributed by atoms with Gasteiger partial charge in [0.1, 0.15) is 5.75 Å². The van der Waals surface area contributed by atoms with Gasteiger partial charge in [-0.05, 0) is 31.5 Å². The molecule has 2 heteroatoms. The average Bonchev–Trinajstić information content (AvgIpc) is 2.39. The molecule has 2 aromatic carbocycles. The highest BCUT2D eigenvalue weighted by Crippen LogP contribution is 2.31. The molecule has 0 aliphatic carbocycles. The summed E-state index contributed by atoms with van der Waals surface area (Å²) in [7, 11) is 0. The van der Waals surface area contributed by atoms with E-state index in [9.17, 15) is 0 Å². The van der Waals surface area contributed by atoms with E-state index in [0.29, 0.717) is 6.73 Å². The van der Waals surface area contributed by atoms with E-state index in [0.717, 1.165) is 12.3 Å². The summed E-state index contributed by atoms with van der Waals surface area (Å²) < 4.78 is 5.90. The molecule has 0 aromatic heterocycles. The van der Waals surface area contributed by atoms with Gasteiger partial charge in [0, 0.05) is 17.8 Å². The third-order valence-corrected chi connectivity index (χ3v) is 3.34. The zero-order valence-electron chi connectivity index (χ0n) is 10.8. The third kappa shape index (κ3) is 1.94. The third-order valence-electron chi connectivity index (χ3n) is 3.34. The first kappa shape index (κ1) is 11.1. The summed E-state index contributed by atoms with van der Waals surface area (Å²) in [6.45, 7) is 5.79. The van der Waals surface area contributed by atoms with Crippen molar-refractivity contribution in [3.8, 4) is 5.75 Å². The van der Waals surface area contributed by atoms with Crippen molar-refractivity contribution >= 4 is 5.69 Å². The first-order valence-corrected chi connectivity index (χ1v) is 6.27. The Morgan fingerprint density at radius 3 is 2.61 bits per heavy atom. The number of rotatable bonds is 1. The monoisotopic (exact) mass is 239 g/mol. The van der Waals surface area contributed by atoms with E-state index in [-0.39, 0.29) is 0 Å². The maximum Gasteiger partial charge on any atom is 0.161 e. The van der Waals surface area contributed by atoms with Gasteiger partial charge in [-0.1, -0.05) is 35.9 Å². The van der Waals surface area contributed by atoms with Crippen LogP contribution in [0.2, 0.25) is 0 Å². The van der Waals surface area contributed by atoms with Crippen LogP contribution in [0.4, 0.5) is 5.69 Å². The molecule has 0 N–H and O–H groups in total. The van der Waals surface area contributed by atoms with Gasteiger partial charge in [0.05, 0.1) is 0 Å². The highest BCUT2D eigenvalue weighted by atomic mass is 16.5. The van der Waals surface area contributed by atoms with Crippen LogP contribution in [0.5, 0.6) is 5.75 Å². The largest absolute Gasteiger partial charge is 0.472 e. The summed E-state index contributed by atoms with van der Waals surface area (Å²) in [6, 6.07) is 14.8. The van der Waals surface area contributed by atoms with Crippen LogP contribution in [0.3, 0.4) is 0 Å². The highest BCUT2D eigenvalue weighted by molar-refractivity contribution is 5.52. The molecule has 0 amide bonds. The number of aryl methyl sites for hydroxylation is 2. The molecule has 0 atom stereocenters. The van der Waals surface area contributed by atoms with Crippen LogP contribution in [-0.4, -0.2) is 6.73 Å². The molecule has 0 fully saturated rings. The zero-order valence-corrected chi connectivity index (χ0v) is 10.8. The Labute approximate surface area is 108 Å². The fourth-order valence-corrected chi connectivity index (χ4v) is 2.56. The van der Waals surface area contributed by atoms with Gasteiger partial charge in [-0.2, -0.15) is 0 Å². The summed E-state index contributed by atoms with van der Waals surface area (Å²) in [6.07, 6.45) is 0. The fraction of sp³-hybridized carbons (Fsp3) is 0.250. The molecule has 0 bridgehead atoms. The van der Waals surface area contributed by atoms with Crippen LogP contribution in [-0.2, 0) is 6.54 Å². The Bertz CT molecular complexity index is 563. The molecule has 18 heavy (non-hydrogen) atoms. The molecule has 0 radical (unpaired) electrons. The van der Waals surface area contributed by atoms with E-state index in [4.69, 9.17) is 4.74 Å². The Morgan fingerprint density at radius 1 is 1.06 bits per heavy atom. The molecular weight excluding hydrogens is 222 g/mol. The minimum atomic E-state index is 0.626. The van der Waals surface area contributed by atoms with Crippen molar-refractivity contribution in [3.05, 3.63) is 59.2 Å². The zero-order chi connectivity index (χ0) is 12.5. The minimum Gasteiger partial charge on any atom is -0.472 e. The van der Waals surface area contributed by atoms with Gasteiger partial charge in [0.2, 0.25) is 0 Å². The van der Waals surface area contributed by atoms with Crippen LogP contribution in [0, 0.1) is 13.8 Å². The molecule has 1 aliphatic rings. The Kier molecular flexibility index (Phi) is 2.71. The molecule has 2 aromatic rings. The Hall–Kier alpha value is -1.96. The predicted molar refractivity (Wildman–Crippen MR) is 74.0 cm³/mol. The van der Waals surface area contributed by atoms with Crippen LogP contribution in [0.25, 0.3) is 0 Å². The van der Waals surface area contributed by atoms with E-state index in [1.807, 2.05) is 6.07 Å². The van der Waals surface area contributed by atoms with Crippen molar-refractivity contribution in [2.45, 2.75) is 20.4 Å². The molecule has 0 saturated heterocycles. The lowest BCUT2D eigenvalue weighted by Gasteiger charge is -2.31. The van der Waals surface area contributed by atoms with Crippen LogP contribution in [0.1, 0.15) is 16.7 Å². The van der Waals surface area contributed by atoms with Crippen LogP contribution in [0.15, 0.2) is 42.5 Å². The van der Waals surface area contributed by atoms with Gasteiger partial charge in [-0.25, -0.2) is 0 Å². The molecule has 3 rings (SSSR count). The normalized spacial score (nSPS) is 14.0. The van der Waals surface area contributed by atoms with Gasteiger partial charge in [0.25, 0.3) is 0 Å². The Balaban J connectivity index is 1.94. The van der Waals surface area contributed by atoms with Crippen LogP contribution >= 0.6 is 0 Å². The standard InChI is InChI=1S/C16H17NO/c1-12-8-13(2)16-14(9-12)10-17(11-18-16)15-6-4-3-5-7-15/h3-9H,10-11H2,1-2H3. The number of hydrogen-bond acceptors (Lipinski definition) is 2. The van der Waals surface area contributed by atoms with E-state index in [1.165, 1.54) is 22.4 Å². The minimum absolute atomic E-state index is 0.626. The lowest BCUT2D eigenvalue weighted by atomic mass is 10.0.